The summed E-state index contributed by atoms with van der Waals surface area (Å²) in [4.78, 5) is 38.9. The van der Waals surface area contributed by atoms with Gasteiger partial charge in [0.15, 0.2) is 11.6 Å². The minimum absolute atomic E-state index is 0.0915. The van der Waals surface area contributed by atoms with E-state index in [0.717, 1.165) is 6.42 Å². The van der Waals surface area contributed by atoms with Crippen LogP contribution in [0.2, 0.25) is 0 Å². The van der Waals surface area contributed by atoms with Crippen LogP contribution in [-0.2, 0) is 14.4 Å². The zero-order valence-corrected chi connectivity index (χ0v) is 23.2. The van der Waals surface area contributed by atoms with Crippen LogP contribution in [-0.4, -0.2) is 45.1 Å². The molecular weight excluding hydrogens is 456 g/mol. The van der Waals surface area contributed by atoms with Crippen molar-refractivity contribution >= 4 is 17.5 Å². The van der Waals surface area contributed by atoms with Crippen molar-refractivity contribution in [2.75, 3.05) is 0 Å². The molecule has 2 fully saturated rings. The molecule has 6 nitrogen and oxygen atoms in total. The number of hydrogen-bond acceptors (Lipinski definition) is 5. The third-order valence-electron chi connectivity index (χ3n) is 10.6. The number of hydrogen-bond donors (Lipinski definition) is 3. The van der Waals surface area contributed by atoms with E-state index in [9.17, 15) is 24.6 Å². The lowest BCUT2D eigenvalue weighted by atomic mass is 9.50. The van der Waals surface area contributed by atoms with Crippen molar-refractivity contribution in [2.24, 2.45) is 33.5 Å². The Hall–Kier alpha value is -1.79. The molecule has 0 saturated heterocycles. The molecule has 202 valence electrons. The van der Waals surface area contributed by atoms with Gasteiger partial charge < -0.3 is 15.3 Å². The topological polar surface area (TPSA) is 112 Å². The summed E-state index contributed by atoms with van der Waals surface area (Å²) >= 11 is 0. The molecule has 3 N–H and O–H groups in total. The predicted molar refractivity (Wildman–Crippen MR) is 139 cm³/mol. The summed E-state index contributed by atoms with van der Waals surface area (Å²) in [5.41, 5.74) is -1.72. The standard InChI is InChI=1S/C30H46O6/c1-18(26(35)36)9-8-10-19(2)30(7)16-15-28(5)13-11-21-27(3,4)22(31)12-14-29(21,6)17-20(24(28)33)23(32)25(30)34/h9,17,19,21-23,31-32H,8,10-16H2,1-7H3,(H,35,36)/b18-9+,20-17-/t19-,21+,22-,23-,28+,29-,30+/m1/s1. The average Bonchev–Trinajstić information content (AvgIpc) is 2.80. The van der Waals surface area contributed by atoms with Gasteiger partial charge in [0.1, 0.15) is 6.10 Å². The third kappa shape index (κ3) is 4.88. The van der Waals surface area contributed by atoms with E-state index in [0.29, 0.717) is 44.9 Å². The van der Waals surface area contributed by atoms with Gasteiger partial charge in [-0.3, -0.25) is 9.59 Å². The third-order valence-corrected chi connectivity index (χ3v) is 10.6. The molecule has 2 saturated carbocycles. The number of Topliss-reactive ketones (excluding diaryl/α,β-unsaturated/α-hetero) is 2. The second-order valence-electron chi connectivity index (χ2n) is 13.3. The van der Waals surface area contributed by atoms with Gasteiger partial charge in [0, 0.05) is 22.0 Å². The maximum atomic E-state index is 13.9. The van der Waals surface area contributed by atoms with Crippen molar-refractivity contribution < 1.29 is 29.7 Å². The highest BCUT2D eigenvalue weighted by Crippen LogP contribution is 2.58. The lowest BCUT2D eigenvalue weighted by Gasteiger charge is -2.55. The average molecular weight is 503 g/mol. The fourth-order valence-corrected chi connectivity index (χ4v) is 7.30. The highest BCUT2D eigenvalue weighted by molar-refractivity contribution is 6.08. The van der Waals surface area contributed by atoms with Crippen LogP contribution in [0.3, 0.4) is 0 Å². The van der Waals surface area contributed by atoms with E-state index in [-0.39, 0.29) is 40.0 Å². The van der Waals surface area contributed by atoms with E-state index in [4.69, 9.17) is 5.11 Å². The number of aliphatic hydroxyl groups is 2. The molecule has 0 aromatic carbocycles. The Bertz CT molecular complexity index is 976. The van der Waals surface area contributed by atoms with Crippen molar-refractivity contribution in [3.63, 3.8) is 0 Å². The lowest BCUT2D eigenvalue weighted by molar-refractivity contribution is -0.145. The van der Waals surface area contributed by atoms with E-state index in [1.54, 1.807) is 13.0 Å². The number of aliphatic hydroxyl groups excluding tert-OH is 2. The van der Waals surface area contributed by atoms with Crippen molar-refractivity contribution in [3.05, 3.63) is 23.3 Å². The first-order valence-corrected chi connectivity index (χ1v) is 13.6. The summed E-state index contributed by atoms with van der Waals surface area (Å²) < 4.78 is 0. The van der Waals surface area contributed by atoms with Crippen molar-refractivity contribution in [1.29, 1.82) is 0 Å². The quantitative estimate of drug-likeness (QED) is 0.442. The van der Waals surface area contributed by atoms with Gasteiger partial charge in [-0.25, -0.2) is 4.79 Å². The molecule has 0 aromatic rings. The summed E-state index contributed by atoms with van der Waals surface area (Å²) in [6.45, 7) is 13.7. The van der Waals surface area contributed by atoms with Gasteiger partial charge in [-0.15, -0.1) is 0 Å². The summed E-state index contributed by atoms with van der Waals surface area (Å²) in [6, 6.07) is 0. The zero-order valence-electron chi connectivity index (χ0n) is 23.2. The van der Waals surface area contributed by atoms with Gasteiger partial charge in [-0.1, -0.05) is 53.7 Å². The Kier molecular flexibility index (Phi) is 7.86. The van der Waals surface area contributed by atoms with Crippen molar-refractivity contribution in [1.82, 2.24) is 0 Å². The van der Waals surface area contributed by atoms with Gasteiger partial charge >= 0.3 is 5.97 Å². The maximum Gasteiger partial charge on any atom is 0.330 e. The van der Waals surface area contributed by atoms with Crippen LogP contribution >= 0.6 is 0 Å². The molecule has 0 unspecified atom stereocenters. The van der Waals surface area contributed by atoms with Crippen LogP contribution in [0.1, 0.15) is 99.8 Å². The first-order valence-electron chi connectivity index (χ1n) is 13.6. The lowest BCUT2D eigenvalue weighted by Crippen LogP contribution is -2.53. The molecule has 3 rings (SSSR count). The number of carbonyl (C=O) groups excluding carboxylic acids is 2. The Labute approximate surface area is 216 Å². The maximum absolute atomic E-state index is 13.9. The molecule has 0 aliphatic heterocycles. The van der Waals surface area contributed by atoms with Crippen LogP contribution in [0.4, 0.5) is 0 Å². The highest BCUT2D eigenvalue weighted by atomic mass is 16.4. The van der Waals surface area contributed by atoms with E-state index in [1.165, 1.54) is 0 Å². The number of aliphatic carboxylic acids is 1. The number of fused-ring (bicyclic) bond motifs is 3. The van der Waals surface area contributed by atoms with E-state index < -0.39 is 34.4 Å². The molecule has 0 radical (unpaired) electrons. The van der Waals surface area contributed by atoms with Crippen molar-refractivity contribution in [2.45, 2.75) is 112 Å². The Balaban J connectivity index is 2.02. The first kappa shape index (κ1) is 28.8. The number of rotatable bonds is 5. The summed E-state index contributed by atoms with van der Waals surface area (Å²) in [5, 5.41) is 31.4. The summed E-state index contributed by atoms with van der Waals surface area (Å²) in [6.07, 6.45) is 6.69. The number of ketones is 2. The smallest absolute Gasteiger partial charge is 0.330 e. The van der Waals surface area contributed by atoms with Crippen LogP contribution in [0, 0.1) is 33.5 Å². The monoisotopic (exact) mass is 502 g/mol. The molecular formula is C30H46O6. The molecule has 0 amide bonds. The SMILES string of the molecule is C/C(=C\CC[C@@H](C)[C@]1(C)CC[C@]2(C)CC[C@H]3C(C)(C)[C@H](O)CC[C@]3(C)/C=C(\C2=O)[C@@H](O)C1=O)C(=O)O. The molecule has 6 heteroatoms. The molecule has 3 aliphatic carbocycles. The zero-order chi connectivity index (χ0) is 27.3. The van der Waals surface area contributed by atoms with E-state index in [2.05, 4.69) is 20.8 Å². The highest BCUT2D eigenvalue weighted by Gasteiger charge is 2.55. The molecule has 0 heterocycles. The number of carboxylic acids is 1. The minimum atomic E-state index is -1.48. The van der Waals surface area contributed by atoms with Crippen LogP contribution in [0.5, 0.6) is 0 Å². The van der Waals surface area contributed by atoms with Gasteiger partial charge in [-0.05, 0) is 81.0 Å². The molecule has 3 aliphatic rings. The van der Waals surface area contributed by atoms with Gasteiger partial charge in [-0.2, -0.15) is 0 Å². The fourth-order valence-electron chi connectivity index (χ4n) is 7.30. The summed E-state index contributed by atoms with van der Waals surface area (Å²) in [5.74, 6) is -1.33. The Morgan fingerprint density at radius 2 is 1.69 bits per heavy atom. The van der Waals surface area contributed by atoms with E-state index >= 15 is 0 Å². The molecule has 0 aromatic heterocycles. The van der Waals surface area contributed by atoms with E-state index in [1.807, 2.05) is 26.8 Å². The summed E-state index contributed by atoms with van der Waals surface area (Å²) in [7, 11) is 0. The second kappa shape index (κ2) is 9.83. The van der Waals surface area contributed by atoms with Gasteiger partial charge in [0.2, 0.25) is 0 Å². The fraction of sp³-hybridized carbons (Fsp3) is 0.767. The largest absolute Gasteiger partial charge is 0.478 e. The molecule has 36 heavy (non-hydrogen) atoms. The molecule has 2 bridgehead atoms. The first-order chi connectivity index (χ1) is 16.5. The van der Waals surface area contributed by atoms with Crippen LogP contribution in [0.15, 0.2) is 23.3 Å². The van der Waals surface area contributed by atoms with Crippen molar-refractivity contribution in [3.8, 4) is 0 Å². The minimum Gasteiger partial charge on any atom is -0.478 e. The number of carboxylic acid groups (broad SMARTS) is 1. The van der Waals surface area contributed by atoms with Crippen LogP contribution < -0.4 is 0 Å². The predicted octanol–water partition coefficient (Wildman–Crippen LogP) is 5.26. The Morgan fingerprint density at radius 1 is 1.06 bits per heavy atom. The van der Waals surface area contributed by atoms with Gasteiger partial charge in [0.05, 0.1) is 6.10 Å². The normalized spacial score (nSPS) is 41.6. The number of allylic oxidation sites excluding steroid dienone is 2. The molecule has 0 spiro atoms. The Morgan fingerprint density at radius 3 is 2.31 bits per heavy atom. The second-order valence-corrected chi connectivity index (χ2v) is 13.3. The number of carbonyl (C=O) groups is 3. The van der Waals surface area contributed by atoms with Gasteiger partial charge in [0.25, 0.3) is 0 Å². The molecule has 7 atom stereocenters. The van der Waals surface area contributed by atoms with Crippen LogP contribution in [0.25, 0.3) is 0 Å².